The van der Waals surface area contributed by atoms with Gasteiger partial charge in [-0.2, -0.15) is 0 Å². The van der Waals surface area contributed by atoms with Crippen LogP contribution in [0.15, 0.2) is 22.7 Å². The molecular formula is C16H17N3O4S. The van der Waals surface area contributed by atoms with Gasteiger partial charge in [-0.1, -0.05) is 11.2 Å². The number of hydrogen-bond donors (Lipinski definition) is 0. The second-order valence-electron chi connectivity index (χ2n) is 5.62. The van der Waals surface area contributed by atoms with Crippen LogP contribution in [0.2, 0.25) is 0 Å². The Morgan fingerprint density at radius 2 is 2.25 bits per heavy atom. The van der Waals surface area contributed by atoms with Crippen LogP contribution in [0.3, 0.4) is 0 Å². The molecule has 24 heavy (non-hydrogen) atoms. The van der Waals surface area contributed by atoms with Crippen molar-refractivity contribution in [3.63, 3.8) is 0 Å². The Bertz CT molecular complexity index is 783. The summed E-state index contributed by atoms with van der Waals surface area (Å²) in [6.45, 7) is 4.22. The Hall–Kier alpha value is -2.35. The number of benzene rings is 1. The number of carbonyl (C=O) groups excluding carboxylic acids is 1. The highest BCUT2D eigenvalue weighted by atomic mass is 32.2. The molecule has 0 aliphatic carbocycles. The van der Waals surface area contributed by atoms with Gasteiger partial charge in [0.25, 0.3) is 5.69 Å². The SMILES string of the molecule is Cc1noc(C)c1CSCC(=O)N1CCc2c1cccc2[N+](=O)[O-]. The maximum atomic E-state index is 12.5. The van der Waals surface area contributed by atoms with Crippen molar-refractivity contribution in [1.82, 2.24) is 5.16 Å². The number of aryl methyl sites for hydroxylation is 2. The van der Waals surface area contributed by atoms with Gasteiger partial charge in [-0.3, -0.25) is 14.9 Å². The number of aromatic nitrogens is 1. The Morgan fingerprint density at radius 3 is 2.92 bits per heavy atom. The zero-order chi connectivity index (χ0) is 17.3. The smallest absolute Gasteiger partial charge is 0.274 e. The van der Waals surface area contributed by atoms with E-state index in [0.29, 0.717) is 35.7 Å². The van der Waals surface area contributed by atoms with Crippen molar-refractivity contribution >= 4 is 29.0 Å². The molecule has 1 amide bonds. The topological polar surface area (TPSA) is 89.5 Å². The maximum absolute atomic E-state index is 12.5. The fourth-order valence-electron chi connectivity index (χ4n) is 2.87. The summed E-state index contributed by atoms with van der Waals surface area (Å²) in [4.78, 5) is 24.8. The van der Waals surface area contributed by atoms with Gasteiger partial charge in [-0.05, 0) is 26.3 Å². The number of nitro groups is 1. The first-order valence-electron chi connectivity index (χ1n) is 7.55. The summed E-state index contributed by atoms with van der Waals surface area (Å²) >= 11 is 1.49. The molecule has 0 saturated carbocycles. The van der Waals surface area contributed by atoms with Gasteiger partial charge in [-0.25, -0.2) is 0 Å². The zero-order valence-electron chi connectivity index (χ0n) is 13.4. The Morgan fingerprint density at radius 1 is 1.46 bits per heavy atom. The van der Waals surface area contributed by atoms with Crippen LogP contribution in [-0.2, 0) is 17.0 Å². The second-order valence-corrected chi connectivity index (χ2v) is 6.61. The van der Waals surface area contributed by atoms with E-state index in [0.717, 1.165) is 17.0 Å². The third-order valence-electron chi connectivity index (χ3n) is 4.15. The lowest BCUT2D eigenvalue weighted by Crippen LogP contribution is -2.30. The molecule has 1 aromatic carbocycles. The molecule has 2 heterocycles. The number of rotatable bonds is 5. The van der Waals surface area contributed by atoms with Gasteiger partial charge in [0.2, 0.25) is 5.91 Å². The van der Waals surface area contributed by atoms with Crippen molar-refractivity contribution in [3.8, 4) is 0 Å². The van der Waals surface area contributed by atoms with E-state index in [1.807, 2.05) is 13.8 Å². The van der Waals surface area contributed by atoms with Crippen molar-refractivity contribution in [1.29, 1.82) is 0 Å². The maximum Gasteiger partial charge on any atom is 0.274 e. The number of amides is 1. The lowest BCUT2D eigenvalue weighted by atomic mass is 10.1. The summed E-state index contributed by atoms with van der Waals surface area (Å²) in [6.07, 6.45) is 0.521. The minimum absolute atomic E-state index is 0.0361. The van der Waals surface area contributed by atoms with Gasteiger partial charge in [0, 0.05) is 23.9 Å². The van der Waals surface area contributed by atoms with Crippen molar-refractivity contribution in [2.24, 2.45) is 0 Å². The van der Waals surface area contributed by atoms with Crippen LogP contribution in [0.5, 0.6) is 0 Å². The molecule has 0 saturated heterocycles. The van der Waals surface area contributed by atoms with Gasteiger partial charge < -0.3 is 9.42 Å². The minimum Gasteiger partial charge on any atom is -0.361 e. The molecule has 126 valence electrons. The molecule has 0 bridgehead atoms. The molecule has 2 aromatic rings. The Balaban J connectivity index is 1.66. The first-order valence-corrected chi connectivity index (χ1v) is 8.70. The summed E-state index contributed by atoms with van der Waals surface area (Å²) in [7, 11) is 0. The molecule has 0 radical (unpaired) electrons. The molecule has 8 heteroatoms. The monoisotopic (exact) mass is 347 g/mol. The second kappa shape index (κ2) is 6.64. The normalized spacial score (nSPS) is 13.2. The number of fused-ring (bicyclic) bond motifs is 1. The molecule has 1 aliphatic rings. The lowest BCUT2D eigenvalue weighted by Gasteiger charge is -2.16. The van der Waals surface area contributed by atoms with Gasteiger partial charge in [0.15, 0.2) is 0 Å². The molecule has 0 fully saturated rings. The molecule has 7 nitrogen and oxygen atoms in total. The number of nitrogens with zero attached hydrogens (tertiary/aromatic N) is 3. The van der Waals surface area contributed by atoms with E-state index < -0.39 is 0 Å². The lowest BCUT2D eigenvalue weighted by molar-refractivity contribution is -0.385. The van der Waals surface area contributed by atoms with Crippen molar-refractivity contribution in [2.75, 3.05) is 17.2 Å². The van der Waals surface area contributed by atoms with E-state index in [2.05, 4.69) is 5.16 Å². The van der Waals surface area contributed by atoms with Crippen LogP contribution in [0.25, 0.3) is 0 Å². The van der Waals surface area contributed by atoms with E-state index in [4.69, 9.17) is 4.52 Å². The van der Waals surface area contributed by atoms with E-state index in [-0.39, 0.29) is 16.5 Å². The third-order valence-corrected chi connectivity index (χ3v) is 5.10. The van der Waals surface area contributed by atoms with E-state index in [1.54, 1.807) is 17.0 Å². The number of hydrogen-bond acceptors (Lipinski definition) is 6. The molecular weight excluding hydrogens is 330 g/mol. The van der Waals surface area contributed by atoms with Crippen molar-refractivity contribution in [2.45, 2.75) is 26.0 Å². The van der Waals surface area contributed by atoms with Gasteiger partial charge in [-0.15, -0.1) is 11.8 Å². The highest BCUT2D eigenvalue weighted by molar-refractivity contribution is 7.99. The van der Waals surface area contributed by atoms with Crippen LogP contribution in [0, 0.1) is 24.0 Å². The summed E-state index contributed by atoms with van der Waals surface area (Å²) in [5.74, 6) is 1.70. The summed E-state index contributed by atoms with van der Waals surface area (Å²) < 4.78 is 5.11. The Labute approximate surface area is 143 Å². The fourth-order valence-corrected chi connectivity index (χ4v) is 3.92. The van der Waals surface area contributed by atoms with E-state index >= 15 is 0 Å². The summed E-state index contributed by atoms with van der Waals surface area (Å²) in [5, 5.41) is 15.0. The number of carbonyl (C=O) groups is 1. The summed E-state index contributed by atoms with van der Waals surface area (Å²) in [6, 6.07) is 4.88. The largest absolute Gasteiger partial charge is 0.361 e. The van der Waals surface area contributed by atoms with Crippen LogP contribution in [-0.4, -0.2) is 28.3 Å². The van der Waals surface area contributed by atoms with Crippen LogP contribution in [0.4, 0.5) is 11.4 Å². The van der Waals surface area contributed by atoms with Crippen molar-refractivity contribution in [3.05, 3.63) is 50.9 Å². The predicted octanol–water partition coefficient (Wildman–Crippen LogP) is 3.02. The van der Waals surface area contributed by atoms with Crippen molar-refractivity contribution < 1.29 is 14.2 Å². The average Bonchev–Trinajstić information content (AvgIpc) is 3.12. The fraction of sp³-hybridized carbons (Fsp3) is 0.375. The van der Waals surface area contributed by atoms with E-state index in [9.17, 15) is 14.9 Å². The van der Waals surface area contributed by atoms with Gasteiger partial charge in [0.05, 0.1) is 27.6 Å². The highest BCUT2D eigenvalue weighted by Gasteiger charge is 2.30. The molecule has 0 spiro atoms. The molecule has 3 rings (SSSR count). The number of nitro benzene ring substituents is 1. The Kier molecular flexibility index (Phi) is 4.57. The average molecular weight is 347 g/mol. The predicted molar refractivity (Wildman–Crippen MR) is 91.3 cm³/mol. The molecule has 0 atom stereocenters. The molecule has 1 aliphatic heterocycles. The van der Waals surface area contributed by atoms with E-state index in [1.165, 1.54) is 17.8 Å². The van der Waals surface area contributed by atoms with Gasteiger partial charge >= 0.3 is 0 Å². The summed E-state index contributed by atoms with van der Waals surface area (Å²) in [5.41, 5.74) is 3.25. The van der Waals surface area contributed by atoms with Crippen LogP contribution < -0.4 is 4.90 Å². The first-order chi connectivity index (χ1) is 11.5. The standard InChI is InChI=1S/C16H17N3O4S/c1-10-13(11(2)23-17-10)8-24-9-16(20)18-7-6-12-14(18)4-3-5-15(12)19(21)22/h3-5H,6-9H2,1-2H3. The molecule has 1 aromatic heterocycles. The molecule has 0 unspecified atom stereocenters. The van der Waals surface area contributed by atoms with Crippen LogP contribution in [0.1, 0.15) is 22.6 Å². The number of anilines is 1. The van der Waals surface area contributed by atoms with Crippen LogP contribution >= 0.6 is 11.8 Å². The molecule has 0 N–H and O–H groups in total. The highest BCUT2D eigenvalue weighted by Crippen LogP contribution is 2.35. The third kappa shape index (κ3) is 3.01. The number of thioether (sulfide) groups is 1. The quantitative estimate of drug-likeness (QED) is 0.610. The minimum atomic E-state index is -0.390. The zero-order valence-corrected chi connectivity index (χ0v) is 14.3. The first kappa shape index (κ1) is 16.5. The van der Waals surface area contributed by atoms with Gasteiger partial charge in [0.1, 0.15) is 5.76 Å².